The molecule has 0 saturated heterocycles. The summed E-state index contributed by atoms with van der Waals surface area (Å²) in [6, 6.07) is 4.18. The molecule has 22 heavy (non-hydrogen) atoms. The van der Waals surface area contributed by atoms with Crippen LogP contribution in [0.4, 0.5) is 5.69 Å². The summed E-state index contributed by atoms with van der Waals surface area (Å²) in [5.41, 5.74) is 0.221. The van der Waals surface area contributed by atoms with Crippen molar-refractivity contribution in [2.24, 2.45) is 0 Å². The van der Waals surface area contributed by atoms with Crippen LogP contribution < -0.4 is 10.6 Å². The minimum Gasteiger partial charge on any atom is -0.352 e. The molecule has 2 amide bonds. The van der Waals surface area contributed by atoms with E-state index in [1.165, 1.54) is 24.3 Å². The largest absolute Gasteiger partial charge is 0.352 e. The lowest BCUT2D eigenvalue weighted by atomic mass is 10.2. The van der Waals surface area contributed by atoms with E-state index in [0.29, 0.717) is 5.56 Å². The fourth-order valence-corrected chi connectivity index (χ4v) is 1.73. The zero-order valence-electron chi connectivity index (χ0n) is 12.1. The lowest BCUT2D eigenvalue weighted by Crippen LogP contribution is -2.39. The number of carbonyl (C=O) groups excluding carboxylic acids is 2. The van der Waals surface area contributed by atoms with Gasteiger partial charge in [-0.15, -0.1) is 0 Å². The Morgan fingerprint density at radius 3 is 2.68 bits per heavy atom. The van der Waals surface area contributed by atoms with Gasteiger partial charge < -0.3 is 10.6 Å². The molecular formula is C14H16ClN3O4. The third kappa shape index (κ3) is 5.92. The molecule has 7 nitrogen and oxygen atoms in total. The van der Waals surface area contributed by atoms with Crippen LogP contribution in [0.2, 0.25) is 5.02 Å². The lowest BCUT2D eigenvalue weighted by Gasteiger charge is -2.08. The second-order valence-electron chi connectivity index (χ2n) is 4.74. The quantitative estimate of drug-likeness (QED) is 0.474. The Kier molecular flexibility index (Phi) is 6.52. The molecule has 118 valence electrons. The summed E-state index contributed by atoms with van der Waals surface area (Å²) in [6.07, 6.45) is 2.59. The van der Waals surface area contributed by atoms with Gasteiger partial charge in [0.15, 0.2) is 0 Å². The molecule has 0 spiro atoms. The summed E-state index contributed by atoms with van der Waals surface area (Å²) >= 11 is 5.69. The van der Waals surface area contributed by atoms with Crippen LogP contribution in [-0.4, -0.2) is 29.3 Å². The number of hydrogen-bond donors (Lipinski definition) is 2. The summed E-state index contributed by atoms with van der Waals surface area (Å²) in [5, 5.41) is 15.8. The predicted molar refractivity (Wildman–Crippen MR) is 83.4 cm³/mol. The number of carbonyl (C=O) groups is 2. The summed E-state index contributed by atoms with van der Waals surface area (Å²) in [6.45, 7) is 3.49. The van der Waals surface area contributed by atoms with E-state index >= 15 is 0 Å². The van der Waals surface area contributed by atoms with Crippen LogP contribution in [0.5, 0.6) is 0 Å². The number of nitro benzene ring substituents is 1. The molecule has 1 rings (SSSR count). The molecule has 1 aromatic carbocycles. The maximum Gasteiger partial charge on any atom is 0.288 e. The van der Waals surface area contributed by atoms with Gasteiger partial charge in [0.1, 0.15) is 5.02 Å². The molecule has 1 aromatic rings. The van der Waals surface area contributed by atoms with Crippen LogP contribution in [0.1, 0.15) is 19.4 Å². The van der Waals surface area contributed by atoms with Gasteiger partial charge in [0.25, 0.3) is 5.69 Å². The molecule has 0 aliphatic carbocycles. The van der Waals surface area contributed by atoms with E-state index in [2.05, 4.69) is 10.6 Å². The molecule has 0 atom stereocenters. The first-order chi connectivity index (χ1) is 10.3. The second kappa shape index (κ2) is 8.14. The van der Waals surface area contributed by atoms with Crippen molar-refractivity contribution in [3.63, 3.8) is 0 Å². The molecule has 0 aliphatic rings. The number of hydrogen-bond acceptors (Lipinski definition) is 4. The maximum absolute atomic E-state index is 11.6. The number of halogens is 1. The minimum atomic E-state index is -0.601. The number of rotatable bonds is 6. The monoisotopic (exact) mass is 325 g/mol. The van der Waals surface area contributed by atoms with E-state index in [1.807, 2.05) is 13.8 Å². The second-order valence-corrected chi connectivity index (χ2v) is 5.15. The highest BCUT2D eigenvalue weighted by atomic mass is 35.5. The first-order valence-electron chi connectivity index (χ1n) is 6.49. The van der Waals surface area contributed by atoms with Gasteiger partial charge in [-0.2, -0.15) is 0 Å². The van der Waals surface area contributed by atoms with E-state index in [9.17, 15) is 19.7 Å². The van der Waals surface area contributed by atoms with Gasteiger partial charge in [0.2, 0.25) is 11.8 Å². The van der Waals surface area contributed by atoms with Crippen LogP contribution in [-0.2, 0) is 9.59 Å². The Bertz CT molecular complexity index is 614. The Morgan fingerprint density at radius 2 is 2.09 bits per heavy atom. The van der Waals surface area contributed by atoms with Crippen LogP contribution in [0.15, 0.2) is 24.3 Å². The van der Waals surface area contributed by atoms with Gasteiger partial charge in [-0.3, -0.25) is 19.7 Å². The van der Waals surface area contributed by atoms with Crippen LogP contribution in [0, 0.1) is 10.1 Å². The van der Waals surface area contributed by atoms with E-state index in [0.717, 1.165) is 0 Å². The van der Waals surface area contributed by atoms with Gasteiger partial charge in [0, 0.05) is 18.2 Å². The fourth-order valence-electron chi connectivity index (χ4n) is 1.54. The Morgan fingerprint density at radius 1 is 1.41 bits per heavy atom. The first kappa shape index (κ1) is 17.6. The van der Waals surface area contributed by atoms with Crippen LogP contribution in [0.25, 0.3) is 6.08 Å². The number of benzene rings is 1. The Labute approximate surface area is 132 Å². The van der Waals surface area contributed by atoms with E-state index in [4.69, 9.17) is 11.6 Å². The number of nitrogens with one attached hydrogen (secondary N) is 2. The molecule has 2 N–H and O–H groups in total. The average molecular weight is 326 g/mol. The Balaban J connectivity index is 2.61. The van der Waals surface area contributed by atoms with Gasteiger partial charge in [-0.1, -0.05) is 17.7 Å². The Hall–Kier alpha value is -2.41. The van der Waals surface area contributed by atoms with Crippen molar-refractivity contribution in [3.8, 4) is 0 Å². The third-order valence-corrected chi connectivity index (χ3v) is 2.79. The molecule has 0 aliphatic heterocycles. The average Bonchev–Trinajstić information content (AvgIpc) is 2.43. The van der Waals surface area contributed by atoms with Crippen molar-refractivity contribution in [1.82, 2.24) is 10.6 Å². The van der Waals surface area contributed by atoms with Crippen molar-refractivity contribution in [2.75, 3.05) is 6.54 Å². The van der Waals surface area contributed by atoms with Crippen molar-refractivity contribution < 1.29 is 14.5 Å². The first-order valence-corrected chi connectivity index (χ1v) is 6.86. The van der Waals surface area contributed by atoms with Gasteiger partial charge in [-0.05, 0) is 31.6 Å². The standard InChI is InChI=1S/C14H16ClN3O4/c1-9(2)17-14(20)8-16-13(19)6-4-10-3-5-11(15)12(7-10)18(21)22/h3-7,9H,8H2,1-2H3,(H,16,19)(H,17,20)/b6-4+. The summed E-state index contributed by atoms with van der Waals surface area (Å²) in [7, 11) is 0. The maximum atomic E-state index is 11.6. The zero-order valence-corrected chi connectivity index (χ0v) is 12.9. The van der Waals surface area contributed by atoms with Gasteiger partial charge in [-0.25, -0.2) is 0 Å². The zero-order chi connectivity index (χ0) is 16.7. The SMILES string of the molecule is CC(C)NC(=O)CNC(=O)/C=C/c1ccc(Cl)c([N+](=O)[O-])c1. The van der Waals surface area contributed by atoms with E-state index in [1.54, 1.807) is 6.07 Å². The molecule has 0 heterocycles. The number of nitrogens with zero attached hydrogens (tertiary/aromatic N) is 1. The highest BCUT2D eigenvalue weighted by molar-refractivity contribution is 6.32. The number of amides is 2. The summed E-state index contributed by atoms with van der Waals surface area (Å²) in [5.74, 6) is -0.768. The normalized spacial score (nSPS) is 10.7. The lowest BCUT2D eigenvalue weighted by molar-refractivity contribution is -0.384. The third-order valence-electron chi connectivity index (χ3n) is 2.47. The highest BCUT2D eigenvalue weighted by Crippen LogP contribution is 2.25. The van der Waals surface area contributed by atoms with Crippen LogP contribution in [0.3, 0.4) is 0 Å². The highest BCUT2D eigenvalue weighted by Gasteiger charge is 2.11. The molecular weight excluding hydrogens is 310 g/mol. The van der Waals surface area contributed by atoms with Crippen LogP contribution >= 0.6 is 11.6 Å². The summed E-state index contributed by atoms with van der Waals surface area (Å²) in [4.78, 5) is 33.1. The summed E-state index contributed by atoms with van der Waals surface area (Å²) < 4.78 is 0. The van der Waals surface area contributed by atoms with Gasteiger partial charge >= 0.3 is 0 Å². The van der Waals surface area contributed by atoms with Crippen molar-refractivity contribution in [2.45, 2.75) is 19.9 Å². The molecule has 0 aromatic heterocycles. The molecule has 0 radical (unpaired) electrons. The molecule has 0 unspecified atom stereocenters. The van der Waals surface area contributed by atoms with Crippen molar-refractivity contribution in [3.05, 3.63) is 45.0 Å². The topological polar surface area (TPSA) is 101 Å². The minimum absolute atomic E-state index is 0.00504. The molecule has 8 heteroatoms. The molecule has 0 bridgehead atoms. The number of nitro groups is 1. The fraction of sp³-hybridized carbons (Fsp3) is 0.286. The molecule has 0 saturated carbocycles. The molecule has 0 fully saturated rings. The van der Waals surface area contributed by atoms with E-state index in [-0.39, 0.29) is 29.2 Å². The van der Waals surface area contributed by atoms with Gasteiger partial charge in [0.05, 0.1) is 11.5 Å². The van der Waals surface area contributed by atoms with Crippen molar-refractivity contribution in [1.29, 1.82) is 0 Å². The van der Waals surface area contributed by atoms with E-state index < -0.39 is 10.8 Å². The smallest absolute Gasteiger partial charge is 0.288 e. The predicted octanol–water partition coefficient (Wildman–Crippen LogP) is 1.90. The van der Waals surface area contributed by atoms with Crippen molar-refractivity contribution >= 4 is 35.2 Å².